The van der Waals surface area contributed by atoms with Crippen molar-refractivity contribution in [3.8, 4) is 28.0 Å². The molecule has 0 radical (unpaired) electrons. The normalized spacial score (nSPS) is 20.1. The second-order valence-corrected chi connectivity index (χ2v) is 13.2. The van der Waals surface area contributed by atoms with E-state index in [1.165, 1.54) is 56.6 Å². The SMILES string of the molecule is C=CCCC1CCC(C2CC=C(c3ccc(-c4ccc(-c5ccc(OCCCCCCC)c(F)c5F)cc4)c(F)c3)CC2)CC1. The molecule has 1 nitrogen and oxygen atoms in total. The van der Waals surface area contributed by atoms with E-state index >= 15 is 4.39 Å². The van der Waals surface area contributed by atoms with Crippen LogP contribution in [-0.2, 0) is 0 Å². The molecule has 240 valence electrons. The van der Waals surface area contributed by atoms with Crippen molar-refractivity contribution in [3.63, 3.8) is 0 Å². The Labute approximate surface area is 268 Å². The molecule has 1 unspecified atom stereocenters. The zero-order valence-electron chi connectivity index (χ0n) is 26.9. The first-order valence-electron chi connectivity index (χ1n) is 17.3. The predicted octanol–water partition coefficient (Wildman–Crippen LogP) is 12.7. The van der Waals surface area contributed by atoms with Crippen LogP contribution >= 0.6 is 0 Å². The molecule has 0 bridgehead atoms. The first-order valence-corrected chi connectivity index (χ1v) is 17.3. The Morgan fingerprint density at radius 2 is 1.44 bits per heavy atom. The maximum absolute atomic E-state index is 15.4. The number of benzene rings is 3. The summed E-state index contributed by atoms with van der Waals surface area (Å²) in [4.78, 5) is 0. The van der Waals surface area contributed by atoms with Crippen LogP contribution in [0.3, 0.4) is 0 Å². The van der Waals surface area contributed by atoms with Gasteiger partial charge in [0.1, 0.15) is 5.82 Å². The number of ether oxygens (including phenoxy) is 1. The topological polar surface area (TPSA) is 9.23 Å². The van der Waals surface area contributed by atoms with E-state index in [1.807, 2.05) is 18.2 Å². The van der Waals surface area contributed by atoms with Crippen molar-refractivity contribution < 1.29 is 17.9 Å². The van der Waals surface area contributed by atoms with Crippen molar-refractivity contribution in [3.05, 3.63) is 96.3 Å². The van der Waals surface area contributed by atoms with Crippen LogP contribution in [0.5, 0.6) is 5.75 Å². The Morgan fingerprint density at radius 1 is 0.756 bits per heavy atom. The van der Waals surface area contributed by atoms with Crippen molar-refractivity contribution in [1.82, 2.24) is 0 Å². The number of hydrogen-bond donors (Lipinski definition) is 0. The molecule has 4 heteroatoms. The first kappa shape index (κ1) is 33.1. The minimum atomic E-state index is -0.971. The fourth-order valence-electron chi connectivity index (χ4n) is 7.38. The van der Waals surface area contributed by atoms with Crippen LogP contribution in [0, 0.1) is 35.2 Å². The fraction of sp³-hybridized carbons (Fsp3) is 0.463. The average molecular weight is 615 g/mol. The smallest absolute Gasteiger partial charge is 0.201 e. The minimum Gasteiger partial charge on any atom is -0.490 e. The van der Waals surface area contributed by atoms with Gasteiger partial charge in [0.25, 0.3) is 0 Å². The highest BCUT2D eigenvalue weighted by molar-refractivity contribution is 5.74. The van der Waals surface area contributed by atoms with Gasteiger partial charge in [-0.3, -0.25) is 0 Å². The zero-order valence-corrected chi connectivity index (χ0v) is 26.9. The summed E-state index contributed by atoms with van der Waals surface area (Å²) in [7, 11) is 0. The van der Waals surface area contributed by atoms with E-state index in [-0.39, 0.29) is 17.1 Å². The van der Waals surface area contributed by atoms with Crippen LogP contribution in [0.15, 0.2) is 73.3 Å². The van der Waals surface area contributed by atoms with Gasteiger partial charge in [0.2, 0.25) is 5.82 Å². The molecule has 1 saturated carbocycles. The van der Waals surface area contributed by atoms with Gasteiger partial charge >= 0.3 is 0 Å². The third kappa shape index (κ3) is 8.51. The predicted molar refractivity (Wildman–Crippen MR) is 182 cm³/mol. The molecule has 2 aliphatic rings. The highest BCUT2D eigenvalue weighted by Gasteiger charge is 2.28. The lowest BCUT2D eigenvalue weighted by molar-refractivity contribution is 0.190. The summed E-state index contributed by atoms with van der Waals surface area (Å²) in [5, 5.41) is 0. The van der Waals surface area contributed by atoms with E-state index in [2.05, 4.69) is 19.6 Å². The van der Waals surface area contributed by atoms with Crippen LogP contribution in [0.4, 0.5) is 13.2 Å². The monoisotopic (exact) mass is 614 g/mol. The molecule has 0 saturated heterocycles. The van der Waals surface area contributed by atoms with Gasteiger partial charge in [0.05, 0.1) is 6.61 Å². The average Bonchev–Trinajstić information content (AvgIpc) is 3.08. The van der Waals surface area contributed by atoms with Crippen molar-refractivity contribution in [2.45, 2.75) is 96.8 Å². The maximum Gasteiger partial charge on any atom is 0.201 e. The standard InChI is InChI=1S/C41H49F3O/c1-3-5-7-8-9-27-45-39-26-25-37(40(43)41(39)44)34-21-19-33(20-22-34)36-24-23-35(28-38(36)42)32-17-15-31(16-18-32)30-13-11-29(12-14-30)10-6-4-2/h4,17,19-26,28-31H,2-3,5-16,18,27H2,1H3. The molecule has 2 aliphatic carbocycles. The van der Waals surface area contributed by atoms with Gasteiger partial charge in [-0.05, 0) is 110 Å². The minimum absolute atomic E-state index is 0.0591. The van der Waals surface area contributed by atoms with E-state index in [1.54, 1.807) is 36.4 Å². The summed E-state index contributed by atoms with van der Waals surface area (Å²) in [6.07, 6.45) is 20.8. The molecule has 0 amide bonds. The van der Waals surface area contributed by atoms with Gasteiger partial charge in [-0.2, -0.15) is 4.39 Å². The van der Waals surface area contributed by atoms with Crippen molar-refractivity contribution in [2.24, 2.45) is 17.8 Å². The lowest BCUT2D eigenvalue weighted by atomic mass is 9.70. The van der Waals surface area contributed by atoms with E-state index in [0.717, 1.165) is 68.3 Å². The Kier molecular flexibility index (Phi) is 12.0. The molecular formula is C41H49F3O. The summed E-state index contributed by atoms with van der Waals surface area (Å²) >= 11 is 0. The van der Waals surface area contributed by atoms with Gasteiger partial charge in [-0.25, -0.2) is 8.78 Å². The summed E-state index contributed by atoms with van der Waals surface area (Å²) < 4.78 is 50.7. The zero-order chi connectivity index (χ0) is 31.6. The van der Waals surface area contributed by atoms with Gasteiger partial charge in [-0.15, -0.1) is 6.58 Å². The third-order valence-corrected chi connectivity index (χ3v) is 10.2. The van der Waals surface area contributed by atoms with Gasteiger partial charge in [-0.1, -0.05) is 94.0 Å². The fourth-order valence-corrected chi connectivity index (χ4v) is 7.38. The number of halogens is 3. The van der Waals surface area contributed by atoms with Crippen molar-refractivity contribution >= 4 is 5.57 Å². The quantitative estimate of drug-likeness (QED) is 0.130. The molecule has 5 rings (SSSR count). The van der Waals surface area contributed by atoms with Crippen LogP contribution in [0.25, 0.3) is 27.8 Å². The second-order valence-electron chi connectivity index (χ2n) is 13.2. The molecule has 3 aromatic rings. The Bertz CT molecular complexity index is 1430. The van der Waals surface area contributed by atoms with Crippen LogP contribution in [0.1, 0.15) is 102 Å². The summed E-state index contributed by atoms with van der Waals surface area (Å²) in [6, 6.07) is 15.5. The van der Waals surface area contributed by atoms with Gasteiger partial charge in [0.15, 0.2) is 11.6 Å². The number of allylic oxidation sites excluding steroid dienone is 3. The van der Waals surface area contributed by atoms with E-state index < -0.39 is 11.6 Å². The number of unbranched alkanes of at least 4 members (excludes halogenated alkanes) is 4. The van der Waals surface area contributed by atoms with Crippen LogP contribution in [-0.4, -0.2) is 6.61 Å². The molecular weight excluding hydrogens is 565 g/mol. The molecule has 0 aromatic heterocycles. The second kappa shape index (κ2) is 16.3. The van der Waals surface area contributed by atoms with Crippen LogP contribution in [0.2, 0.25) is 0 Å². The van der Waals surface area contributed by atoms with Gasteiger partial charge < -0.3 is 4.74 Å². The molecule has 0 spiro atoms. The van der Waals surface area contributed by atoms with E-state index in [4.69, 9.17) is 4.74 Å². The molecule has 1 atom stereocenters. The summed E-state index contributed by atoms with van der Waals surface area (Å²) in [5.74, 6) is 0.218. The van der Waals surface area contributed by atoms with Gasteiger partial charge in [0, 0.05) is 11.1 Å². The molecule has 3 aromatic carbocycles. The third-order valence-electron chi connectivity index (χ3n) is 10.2. The Balaban J connectivity index is 1.18. The molecule has 0 heterocycles. The molecule has 0 N–H and O–H groups in total. The van der Waals surface area contributed by atoms with Crippen LogP contribution < -0.4 is 4.74 Å². The number of hydrogen-bond acceptors (Lipinski definition) is 1. The summed E-state index contributed by atoms with van der Waals surface area (Å²) in [5.41, 5.74) is 4.10. The number of rotatable bonds is 14. The van der Waals surface area contributed by atoms with Crippen molar-refractivity contribution in [1.29, 1.82) is 0 Å². The first-order chi connectivity index (χ1) is 22.0. The lowest BCUT2D eigenvalue weighted by Crippen LogP contribution is -2.23. The highest BCUT2D eigenvalue weighted by Crippen LogP contribution is 2.42. The van der Waals surface area contributed by atoms with E-state index in [0.29, 0.717) is 23.3 Å². The van der Waals surface area contributed by atoms with Crippen molar-refractivity contribution in [2.75, 3.05) is 6.61 Å². The highest BCUT2D eigenvalue weighted by atomic mass is 19.2. The molecule has 0 aliphatic heterocycles. The molecule has 45 heavy (non-hydrogen) atoms. The molecule has 1 fully saturated rings. The van der Waals surface area contributed by atoms with E-state index in [9.17, 15) is 8.78 Å². The summed E-state index contributed by atoms with van der Waals surface area (Å²) in [6.45, 7) is 6.39. The Morgan fingerprint density at radius 3 is 2.11 bits per heavy atom. The Hall–Kier alpha value is -3.27. The maximum atomic E-state index is 15.4. The largest absolute Gasteiger partial charge is 0.490 e. The lowest BCUT2D eigenvalue weighted by Gasteiger charge is -2.35.